The fraction of sp³-hybridized carbons (Fsp3) is 0.500. The monoisotopic (exact) mass is 289 g/mol. The normalized spacial score (nSPS) is 28.2. The molecule has 2 heterocycles. The van der Waals surface area contributed by atoms with Gasteiger partial charge in [-0.3, -0.25) is 4.79 Å². The number of fused-ring (bicyclic) bond motifs is 1. The van der Waals surface area contributed by atoms with Crippen LogP contribution < -0.4 is 0 Å². The Bertz CT molecular complexity index is 571. The van der Waals surface area contributed by atoms with Crippen molar-refractivity contribution in [1.82, 2.24) is 4.90 Å². The van der Waals surface area contributed by atoms with Crippen molar-refractivity contribution in [3.63, 3.8) is 0 Å². The molecule has 1 fully saturated rings. The number of aliphatic carboxylic acids is 1. The molecule has 0 spiro atoms. The Morgan fingerprint density at radius 1 is 1.33 bits per heavy atom. The summed E-state index contributed by atoms with van der Waals surface area (Å²) in [5.74, 6) is -1.18. The third-order valence-corrected chi connectivity index (χ3v) is 4.45. The lowest BCUT2D eigenvalue weighted by atomic mass is 9.96. The molecule has 0 saturated carbocycles. The number of nitrogens with zero attached hydrogens (tertiary/aromatic N) is 1. The van der Waals surface area contributed by atoms with Crippen molar-refractivity contribution >= 4 is 11.9 Å². The molecule has 3 atom stereocenters. The number of carbonyl (C=O) groups excluding carboxylic acids is 1. The highest BCUT2D eigenvalue weighted by Gasteiger charge is 2.43. The Morgan fingerprint density at radius 2 is 2.10 bits per heavy atom. The van der Waals surface area contributed by atoms with Gasteiger partial charge in [0.05, 0.1) is 6.61 Å². The van der Waals surface area contributed by atoms with Gasteiger partial charge >= 0.3 is 5.97 Å². The van der Waals surface area contributed by atoms with Crippen LogP contribution in [0, 0.1) is 5.92 Å². The number of rotatable bonds is 2. The first-order valence-electron chi connectivity index (χ1n) is 7.32. The van der Waals surface area contributed by atoms with Crippen molar-refractivity contribution in [2.45, 2.75) is 31.9 Å². The summed E-state index contributed by atoms with van der Waals surface area (Å²) in [5, 5.41) is 9.36. The zero-order valence-corrected chi connectivity index (χ0v) is 12.0. The highest BCUT2D eigenvalue weighted by atomic mass is 16.5. The quantitative estimate of drug-likeness (QED) is 0.898. The van der Waals surface area contributed by atoms with E-state index in [4.69, 9.17) is 4.74 Å². The van der Waals surface area contributed by atoms with Gasteiger partial charge in [0, 0.05) is 6.54 Å². The van der Waals surface area contributed by atoms with Crippen LogP contribution >= 0.6 is 0 Å². The first-order chi connectivity index (χ1) is 10.1. The highest BCUT2D eigenvalue weighted by molar-refractivity contribution is 5.88. The van der Waals surface area contributed by atoms with Gasteiger partial charge in [0.1, 0.15) is 6.04 Å². The van der Waals surface area contributed by atoms with E-state index in [-0.39, 0.29) is 11.8 Å². The molecule has 5 nitrogen and oxygen atoms in total. The largest absolute Gasteiger partial charge is 0.480 e. The summed E-state index contributed by atoms with van der Waals surface area (Å²) in [6.07, 6.45) is 0.845. The van der Waals surface area contributed by atoms with E-state index in [1.807, 2.05) is 31.2 Å². The molecule has 1 saturated heterocycles. The second-order valence-electron chi connectivity index (χ2n) is 5.78. The highest BCUT2D eigenvalue weighted by Crippen LogP contribution is 2.32. The molecule has 1 aromatic carbocycles. The minimum absolute atomic E-state index is 0.0229. The molecule has 0 aromatic heterocycles. The molecule has 112 valence electrons. The number of carbonyl (C=O) groups is 2. The van der Waals surface area contributed by atoms with Crippen molar-refractivity contribution in [1.29, 1.82) is 0 Å². The van der Waals surface area contributed by atoms with E-state index in [1.54, 1.807) is 0 Å². The van der Waals surface area contributed by atoms with Gasteiger partial charge < -0.3 is 14.7 Å². The maximum Gasteiger partial charge on any atom is 0.326 e. The van der Waals surface area contributed by atoms with E-state index in [0.29, 0.717) is 13.2 Å². The number of hydrogen-bond acceptors (Lipinski definition) is 3. The lowest BCUT2D eigenvalue weighted by Gasteiger charge is -2.31. The van der Waals surface area contributed by atoms with E-state index in [1.165, 1.54) is 4.90 Å². The molecular formula is C16H19NO4. The maximum atomic E-state index is 12.8. The maximum absolute atomic E-state index is 12.8. The number of ether oxygens (including phenoxy) is 1. The minimum atomic E-state index is -0.933. The zero-order chi connectivity index (χ0) is 15.0. The first kappa shape index (κ1) is 14.1. The molecule has 0 aliphatic carbocycles. The third-order valence-electron chi connectivity index (χ3n) is 4.45. The summed E-state index contributed by atoms with van der Waals surface area (Å²) < 4.78 is 5.66. The van der Waals surface area contributed by atoms with Gasteiger partial charge in [0.2, 0.25) is 0 Å². The average Bonchev–Trinajstić information content (AvgIpc) is 2.88. The number of carboxylic acids is 1. The predicted octanol–water partition coefficient (Wildman–Crippen LogP) is 1.62. The summed E-state index contributed by atoms with van der Waals surface area (Å²) in [4.78, 5) is 25.7. The number of likely N-dealkylation sites (tertiary alicyclic amines) is 1. The Hall–Kier alpha value is -1.88. The topological polar surface area (TPSA) is 66.8 Å². The fourth-order valence-electron chi connectivity index (χ4n) is 3.32. The van der Waals surface area contributed by atoms with Crippen LogP contribution in [0.15, 0.2) is 24.3 Å². The van der Waals surface area contributed by atoms with Crippen LogP contribution in [0.2, 0.25) is 0 Å². The van der Waals surface area contributed by atoms with Crippen molar-refractivity contribution in [3.8, 4) is 0 Å². The van der Waals surface area contributed by atoms with Gasteiger partial charge in [-0.1, -0.05) is 31.2 Å². The van der Waals surface area contributed by atoms with Crippen LogP contribution in [0.1, 0.15) is 30.6 Å². The Balaban J connectivity index is 1.88. The van der Waals surface area contributed by atoms with E-state index >= 15 is 0 Å². The summed E-state index contributed by atoms with van der Waals surface area (Å²) in [6, 6.07) is 6.99. The minimum Gasteiger partial charge on any atom is -0.480 e. The molecular weight excluding hydrogens is 270 g/mol. The molecule has 1 N–H and O–H groups in total. The van der Waals surface area contributed by atoms with Crippen molar-refractivity contribution in [2.75, 3.05) is 13.2 Å². The van der Waals surface area contributed by atoms with E-state index in [0.717, 1.165) is 24.0 Å². The van der Waals surface area contributed by atoms with Gasteiger partial charge in [-0.05, 0) is 29.9 Å². The van der Waals surface area contributed by atoms with Crippen LogP contribution in [0.25, 0.3) is 0 Å². The molecule has 21 heavy (non-hydrogen) atoms. The molecule has 0 radical (unpaired) electrons. The smallest absolute Gasteiger partial charge is 0.326 e. The van der Waals surface area contributed by atoms with Gasteiger partial charge in [-0.25, -0.2) is 4.79 Å². The lowest BCUT2D eigenvalue weighted by Crippen LogP contribution is -2.46. The van der Waals surface area contributed by atoms with E-state index in [2.05, 4.69) is 0 Å². The first-order valence-corrected chi connectivity index (χ1v) is 7.32. The summed E-state index contributed by atoms with van der Waals surface area (Å²) >= 11 is 0. The molecule has 2 aliphatic rings. The number of amides is 1. The summed E-state index contributed by atoms with van der Waals surface area (Å²) in [5.41, 5.74) is 1.98. The lowest BCUT2D eigenvalue weighted by molar-refractivity contribution is -0.155. The molecule has 1 aromatic rings. The fourth-order valence-corrected chi connectivity index (χ4v) is 3.32. The van der Waals surface area contributed by atoms with Crippen molar-refractivity contribution in [3.05, 3.63) is 35.4 Å². The molecule has 0 bridgehead atoms. The molecule has 2 aliphatic heterocycles. The van der Waals surface area contributed by atoms with Crippen LogP contribution in [-0.2, 0) is 20.7 Å². The van der Waals surface area contributed by atoms with Gasteiger partial charge in [0.15, 0.2) is 6.10 Å². The SMILES string of the molecule is CC1CCN(C(=O)C2OCCc3ccccc32)C1C(=O)O. The number of carboxylic acid groups (broad SMARTS) is 1. The standard InChI is InChI=1S/C16H19NO4/c1-10-6-8-17(13(10)16(19)20)15(18)14-12-5-3-2-4-11(12)7-9-21-14/h2-5,10,13-14H,6-9H2,1H3,(H,19,20). The van der Waals surface area contributed by atoms with E-state index in [9.17, 15) is 14.7 Å². The van der Waals surface area contributed by atoms with Crippen LogP contribution in [0.3, 0.4) is 0 Å². The summed E-state index contributed by atoms with van der Waals surface area (Å²) in [7, 11) is 0. The van der Waals surface area contributed by atoms with Gasteiger partial charge in [0.25, 0.3) is 5.91 Å². The number of hydrogen-bond donors (Lipinski definition) is 1. The Kier molecular flexibility index (Phi) is 3.68. The second kappa shape index (κ2) is 5.48. The zero-order valence-electron chi connectivity index (χ0n) is 12.0. The van der Waals surface area contributed by atoms with Crippen LogP contribution in [-0.4, -0.2) is 41.1 Å². The molecule has 1 amide bonds. The van der Waals surface area contributed by atoms with Crippen molar-refractivity contribution in [2.24, 2.45) is 5.92 Å². The predicted molar refractivity (Wildman–Crippen MR) is 75.8 cm³/mol. The molecule has 3 rings (SSSR count). The van der Waals surface area contributed by atoms with Gasteiger partial charge in [-0.2, -0.15) is 0 Å². The van der Waals surface area contributed by atoms with Crippen LogP contribution in [0.5, 0.6) is 0 Å². The average molecular weight is 289 g/mol. The Morgan fingerprint density at radius 3 is 2.86 bits per heavy atom. The summed E-state index contributed by atoms with van der Waals surface area (Å²) in [6.45, 7) is 2.86. The van der Waals surface area contributed by atoms with E-state index < -0.39 is 18.1 Å². The second-order valence-corrected chi connectivity index (χ2v) is 5.78. The third kappa shape index (κ3) is 2.42. The molecule has 3 unspecified atom stereocenters. The van der Waals surface area contributed by atoms with Crippen LogP contribution in [0.4, 0.5) is 0 Å². The molecule has 5 heteroatoms. The van der Waals surface area contributed by atoms with Gasteiger partial charge in [-0.15, -0.1) is 0 Å². The van der Waals surface area contributed by atoms with Crippen molar-refractivity contribution < 1.29 is 19.4 Å². The number of benzene rings is 1. The Labute approximate surface area is 123 Å².